The smallest absolute Gasteiger partial charge is 0.240 e. The SMILES string of the molecule is COc1ccc(Br)c(N=C=O)c1. The van der Waals surface area contributed by atoms with Gasteiger partial charge in [0.15, 0.2) is 0 Å². The molecule has 1 aromatic rings. The van der Waals surface area contributed by atoms with E-state index in [1.54, 1.807) is 25.3 Å². The molecular weight excluding hydrogens is 222 g/mol. The Hall–Kier alpha value is -1.12. The molecular formula is C8H6BrNO2. The third-order valence-corrected chi connectivity index (χ3v) is 1.99. The average molecular weight is 228 g/mol. The molecule has 0 aliphatic carbocycles. The largest absolute Gasteiger partial charge is 0.497 e. The van der Waals surface area contributed by atoms with Crippen LogP contribution in [-0.4, -0.2) is 13.2 Å². The highest BCUT2D eigenvalue weighted by molar-refractivity contribution is 9.10. The van der Waals surface area contributed by atoms with Crippen LogP contribution in [0.2, 0.25) is 0 Å². The second-order valence-electron chi connectivity index (χ2n) is 2.02. The van der Waals surface area contributed by atoms with Crippen molar-refractivity contribution in [2.45, 2.75) is 0 Å². The summed E-state index contributed by atoms with van der Waals surface area (Å²) in [5.41, 5.74) is 0.518. The van der Waals surface area contributed by atoms with Crippen LogP contribution in [0.5, 0.6) is 5.75 Å². The molecule has 0 fully saturated rings. The standard InChI is InChI=1S/C8H6BrNO2/c1-12-6-2-3-7(9)8(4-6)10-5-11/h2-4H,1H3. The molecule has 0 atom stereocenters. The summed E-state index contributed by atoms with van der Waals surface area (Å²) < 4.78 is 5.69. The van der Waals surface area contributed by atoms with Gasteiger partial charge in [-0.2, -0.15) is 4.99 Å². The summed E-state index contributed by atoms with van der Waals surface area (Å²) in [7, 11) is 1.55. The Kier molecular flexibility index (Phi) is 3.02. The molecule has 0 amide bonds. The summed E-state index contributed by atoms with van der Waals surface area (Å²) in [5.74, 6) is 0.659. The molecule has 0 heterocycles. The molecule has 0 N–H and O–H groups in total. The summed E-state index contributed by atoms with van der Waals surface area (Å²) in [6.07, 6.45) is 1.47. The van der Waals surface area contributed by atoms with Gasteiger partial charge in [-0.3, -0.25) is 0 Å². The van der Waals surface area contributed by atoms with Gasteiger partial charge >= 0.3 is 0 Å². The van der Waals surface area contributed by atoms with Crippen molar-refractivity contribution >= 4 is 27.7 Å². The van der Waals surface area contributed by atoms with Crippen LogP contribution in [0.25, 0.3) is 0 Å². The number of isocyanates is 1. The number of methoxy groups -OCH3 is 1. The minimum absolute atomic E-state index is 0.518. The van der Waals surface area contributed by atoms with Crippen molar-refractivity contribution in [1.82, 2.24) is 0 Å². The molecule has 0 bridgehead atoms. The van der Waals surface area contributed by atoms with Crippen molar-refractivity contribution in [2.75, 3.05) is 7.11 Å². The Morgan fingerprint density at radius 3 is 2.92 bits per heavy atom. The van der Waals surface area contributed by atoms with E-state index in [4.69, 9.17) is 4.74 Å². The molecule has 0 radical (unpaired) electrons. The van der Waals surface area contributed by atoms with E-state index < -0.39 is 0 Å². The van der Waals surface area contributed by atoms with E-state index in [0.717, 1.165) is 4.47 Å². The van der Waals surface area contributed by atoms with Crippen molar-refractivity contribution in [2.24, 2.45) is 4.99 Å². The molecule has 0 unspecified atom stereocenters. The average Bonchev–Trinajstić information content (AvgIpc) is 2.09. The topological polar surface area (TPSA) is 38.7 Å². The second kappa shape index (κ2) is 4.04. The number of halogens is 1. The van der Waals surface area contributed by atoms with Gasteiger partial charge in [-0.25, -0.2) is 4.79 Å². The Morgan fingerprint density at radius 1 is 1.58 bits per heavy atom. The quantitative estimate of drug-likeness (QED) is 0.575. The zero-order valence-electron chi connectivity index (χ0n) is 6.37. The Balaban J connectivity index is 3.16. The first-order chi connectivity index (χ1) is 5.77. The van der Waals surface area contributed by atoms with E-state index in [1.807, 2.05) is 0 Å². The zero-order chi connectivity index (χ0) is 8.97. The van der Waals surface area contributed by atoms with Gasteiger partial charge in [-0.1, -0.05) is 0 Å². The van der Waals surface area contributed by atoms with E-state index in [2.05, 4.69) is 20.9 Å². The van der Waals surface area contributed by atoms with Gasteiger partial charge in [0.1, 0.15) is 5.75 Å². The lowest BCUT2D eigenvalue weighted by atomic mass is 10.3. The lowest BCUT2D eigenvalue weighted by Gasteiger charge is -2.00. The third-order valence-electron chi connectivity index (χ3n) is 1.32. The van der Waals surface area contributed by atoms with Crippen LogP contribution in [0.1, 0.15) is 0 Å². The van der Waals surface area contributed by atoms with Crippen LogP contribution < -0.4 is 4.74 Å². The first-order valence-corrected chi connectivity index (χ1v) is 3.98. The molecule has 0 saturated heterocycles. The number of aliphatic imine (C=N–C) groups is 1. The van der Waals surface area contributed by atoms with Crippen molar-refractivity contribution in [3.05, 3.63) is 22.7 Å². The van der Waals surface area contributed by atoms with E-state index >= 15 is 0 Å². The normalized spacial score (nSPS) is 8.83. The highest BCUT2D eigenvalue weighted by atomic mass is 79.9. The van der Waals surface area contributed by atoms with Crippen LogP contribution in [0.4, 0.5) is 5.69 Å². The summed E-state index contributed by atoms with van der Waals surface area (Å²) in [4.78, 5) is 13.5. The van der Waals surface area contributed by atoms with Gasteiger partial charge in [0.25, 0.3) is 0 Å². The fraction of sp³-hybridized carbons (Fsp3) is 0.125. The van der Waals surface area contributed by atoms with Crippen LogP contribution >= 0.6 is 15.9 Å². The molecule has 0 aliphatic rings. The molecule has 62 valence electrons. The van der Waals surface area contributed by atoms with Crippen LogP contribution in [0.3, 0.4) is 0 Å². The van der Waals surface area contributed by atoms with Gasteiger partial charge in [-0.05, 0) is 28.1 Å². The van der Waals surface area contributed by atoms with E-state index in [9.17, 15) is 4.79 Å². The fourth-order valence-corrected chi connectivity index (χ4v) is 1.09. The number of hydrogen-bond donors (Lipinski definition) is 0. The molecule has 0 spiro atoms. The minimum Gasteiger partial charge on any atom is -0.497 e. The Bertz CT molecular complexity index is 332. The molecule has 0 aliphatic heterocycles. The number of benzene rings is 1. The van der Waals surface area contributed by atoms with E-state index in [0.29, 0.717) is 11.4 Å². The molecule has 1 rings (SSSR count). The fourth-order valence-electron chi connectivity index (χ4n) is 0.754. The lowest BCUT2D eigenvalue weighted by Crippen LogP contribution is -1.81. The Morgan fingerprint density at radius 2 is 2.33 bits per heavy atom. The number of rotatable bonds is 2. The molecule has 0 aromatic heterocycles. The number of ether oxygens (including phenoxy) is 1. The first kappa shape index (κ1) is 8.97. The van der Waals surface area contributed by atoms with Crippen molar-refractivity contribution in [3.63, 3.8) is 0 Å². The molecule has 0 saturated carbocycles. The van der Waals surface area contributed by atoms with Crippen LogP contribution in [0.15, 0.2) is 27.7 Å². The van der Waals surface area contributed by atoms with Crippen LogP contribution in [0, 0.1) is 0 Å². The minimum atomic E-state index is 0.518. The molecule has 3 nitrogen and oxygen atoms in total. The van der Waals surface area contributed by atoms with Crippen LogP contribution in [-0.2, 0) is 4.79 Å². The second-order valence-corrected chi connectivity index (χ2v) is 2.87. The Labute approximate surface area is 78.2 Å². The molecule has 1 aromatic carbocycles. The third kappa shape index (κ3) is 1.94. The van der Waals surface area contributed by atoms with Crippen molar-refractivity contribution in [3.8, 4) is 5.75 Å². The maximum Gasteiger partial charge on any atom is 0.240 e. The monoisotopic (exact) mass is 227 g/mol. The highest BCUT2D eigenvalue weighted by Crippen LogP contribution is 2.28. The predicted octanol–water partition coefficient (Wildman–Crippen LogP) is 2.43. The van der Waals surface area contributed by atoms with E-state index in [-0.39, 0.29) is 0 Å². The maximum atomic E-state index is 9.97. The van der Waals surface area contributed by atoms with Gasteiger partial charge in [0, 0.05) is 10.5 Å². The van der Waals surface area contributed by atoms with Crippen molar-refractivity contribution < 1.29 is 9.53 Å². The lowest BCUT2D eigenvalue weighted by molar-refractivity contribution is 0.415. The summed E-state index contributed by atoms with van der Waals surface area (Å²) in [5, 5.41) is 0. The molecule has 4 heteroatoms. The van der Waals surface area contributed by atoms with E-state index in [1.165, 1.54) is 6.08 Å². The van der Waals surface area contributed by atoms with Gasteiger partial charge in [0.05, 0.1) is 12.8 Å². The predicted molar refractivity (Wildman–Crippen MR) is 48.5 cm³/mol. The van der Waals surface area contributed by atoms with Gasteiger partial charge in [0.2, 0.25) is 6.08 Å². The van der Waals surface area contributed by atoms with Gasteiger partial charge in [-0.15, -0.1) is 0 Å². The number of nitrogens with zero attached hydrogens (tertiary/aromatic N) is 1. The van der Waals surface area contributed by atoms with Gasteiger partial charge < -0.3 is 4.74 Å². The van der Waals surface area contributed by atoms with Crippen molar-refractivity contribution in [1.29, 1.82) is 0 Å². The number of carbonyl (C=O) groups excluding carboxylic acids is 1. The summed E-state index contributed by atoms with van der Waals surface area (Å²) in [6.45, 7) is 0. The maximum absolute atomic E-state index is 9.97. The first-order valence-electron chi connectivity index (χ1n) is 3.19. The summed E-state index contributed by atoms with van der Waals surface area (Å²) in [6, 6.07) is 5.18. The zero-order valence-corrected chi connectivity index (χ0v) is 7.96. The highest BCUT2D eigenvalue weighted by Gasteiger charge is 1.99. The summed E-state index contributed by atoms with van der Waals surface area (Å²) >= 11 is 3.23. The number of hydrogen-bond acceptors (Lipinski definition) is 3. The molecule has 12 heavy (non-hydrogen) atoms.